The molecular weight excluding hydrogens is 789 g/mol. The Morgan fingerprint density at radius 3 is 1.67 bits per heavy atom. The fraction of sp³-hybridized carbons (Fsp3) is 0.851. The minimum atomic E-state index is -1.71. The average Bonchev–Trinajstić information content (AvgIpc) is 3.25. The van der Waals surface area contributed by atoms with Crippen molar-refractivity contribution in [3.63, 3.8) is 0 Å². The largest absolute Gasteiger partial charge is 0.457 e. The van der Waals surface area contributed by atoms with Crippen LogP contribution in [-0.4, -0.2) is 142 Å². The third-order valence-electron chi connectivity index (χ3n) is 11.2. The van der Waals surface area contributed by atoms with Gasteiger partial charge in [0, 0.05) is 13.0 Å². The zero-order valence-corrected chi connectivity index (χ0v) is 37.4. The number of carbonyl (C=O) groups is 1. The van der Waals surface area contributed by atoms with Crippen molar-refractivity contribution in [2.24, 2.45) is 0 Å². The molecule has 11 atom stereocenters. The summed E-state index contributed by atoms with van der Waals surface area (Å²) in [6.45, 7) is 3.52. The first kappa shape index (κ1) is 55.3. The lowest BCUT2D eigenvalue weighted by atomic mass is 9.98. The minimum absolute atomic E-state index is 0.0542. The highest BCUT2D eigenvalue weighted by Gasteiger charge is 2.47. The summed E-state index contributed by atoms with van der Waals surface area (Å²) >= 11 is 0. The van der Waals surface area contributed by atoms with Crippen molar-refractivity contribution in [2.45, 2.75) is 223 Å². The number of carbonyl (C=O) groups excluding carboxylic acids is 1. The zero-order chi connectivity index (χ0) is 44.5. The second-order valence-electron chi connectivity index (χ2n) is 16.6. The van der Waals surface area contributed by atoms with Gasteiger partial charge in [0.05, 0.1) is 26.4 Å². The Labute approximate surface area is 366 Å². The van der Waals surface area contributed by atoms with E-state index in [1.54, 1.807) is 0 Å². The van der Waals surface area contributed by atoms with Crippen molar-refractivity contribution in [1.82, 2.24) is 0 Å². The first-order valence-electron chi connectivity index (χ1n) is 23.6. The molecule has 61 heavy (non-hydrogen) atoms. The van der Waals surface area contributed by atoms with E-state index in [1.807, 2.05) is 0 Å². The lowest BCUT2D eigenvalue weighted by molar-refractivity contribution is -0.332. The molecule has 0 amide bonds. The quantitative estimate of drug-likeness (QED) is 0.0224. The maximum Gasteiger partial charge on any atom is 0.306 e. The van der Waals surface area contributed by atoms with Crippen molar-refractivity contribution < 1.29 is 69.0 Å². The highest BCUT2D eigenvalue weighted by atomic mass is 16.7. The van der Waals surface area contributed by atoms with E-state index in [0.29, 0.717) is 13.0 Å². The molecule has 14 nitrogen and oxygen atoms in total. The van der Waals surface area contributed by atoms with Gasteiger partial charge in [-0.05, 0) is 44.9 Å². The normalized spacial score (nSPS) is 27.8. The predicted molar refractivity (Wildman–Crippen MR) is 233 cm³/mol. The Balaban J connectivity index is 1.80. The number of esters is 1. The van der Waals surface area contributed by atoms with Gasteiger partial charge in [-0.2, -0.15) is 0 Å². The molecule has 2 heterocycles. The standard InChI is InChI=1S/C47H84O14/c1-3-5-7-9-11-13-15-16-17-18-19-21-23-25-27-29-31-56-33-36(59-39(49)30-28-26-24-22-20-14-12-10-8-6-4-2)34-57-46-45(55)43(53)41(51)38(61-46)35-58-47-44(54)42(52)40(50)37(32-48)60-47/h5,7,11,13,16-17,36-38,40-48,50-55H,3-4,6,8-10,12,14-15,18-35H2,1-2H3/b7-5-,13-11-,17-16-. The first-order chi connectivity index (χ1) is 29.6. The van der Waals surface area contributed by atoms with Crippen molar-refractivity contribution in [2.75, 3.05) is 33.0 Å². The molecular formula is C47H84O14. The van der Waals surface area contributed by atoms with E-state index in [-0.39, 0.29) is 25.6 Å². The van der Waals surface area contributed by atoms with Crippen LogP contribution in [0.15, 0.2) is 36.5 Å². The van der Waals surface area contributed by atoms with Crippen LogP contribution in [0, 0.1) is 0 Å². The molecule has 7 N–H and O–H groups in total. The SMILES string of the molecule is CC/C=C\C/C=C\C/C=C\CCCCCCCCOCC(COC1OC(COC2OC(CO)C(O)C(O)C2O)C(O)C(O)C1O)OC(=O)CCCCCCCCCCCCC. The van der Waals surface area contributed by atoms with Crippen LogP contribution in [0.3, 0.4) is 0 Å². The molecule has 0 aliphatic carbocycles. The van der Waals surface area contributed by atoms with Crippen LogP contribution in [0.25, 0.3) is 0 Å². The van der Waals surface area contributed by atoms with Gasteiger partial charge in [0.1, 0.15) is 54.9 Å². The molecule has 2 fully saturated rings. The number of allylic oxidation sites excluding steroid dienone is 6. The molecule has 0 radical (unpaired) electrons. The fourth-order valence-electron chi connectivity index (χ4n) is 7.30. The first-order valence-corrected chi connectivity index (χ1v) is 23.6. The molecule has 0 bridgehead atoms. The summed E-state index contributed by atoms with van der Waals surface area (Å²) in [6, 6.07) is 0. The molecule has 356 valence electrons. The summed E-state index contributed by atoms with van der Waals surface area (Å²) in [7, 11) is 0. The van der Waals surface area contributed by atoms with E-state index in [2.05, 4.69) is 50.3 Å². The van der Waals surface area contributed by atoms with Gasteiger partial charge in [-0.1, -0.05) is 140 Å². The van der Waals surface area contributed by atoms with Gasteiger partial charge < -0.3 is 64.2 Å². The molecule has 11 unspecified atom stereocenters. The Bertz CT molecular complexity index is 1150. The molecule has 2 aliphatic rings. The maximum atomic E-state index is 12.9. The van der Waals surface area contributed by atoms with Gasteiger partial charge in [0.2, 0.25) is 0 Å². The number of aliphatic hydroxyl groups is 7. The van der Waals surface area contributed by atoms with Crippen LogP contribution >= 0.6 is 0 Å². The minimum Gasteiger partial charge on any atom is -0.457 e. The molecule has 0 spiro atoms. The molecule has 2 aliphatic heterocycles. The number of unbranched alkanes of at least 4 members (excludes halogenated alkanes) is 16. The Morgan fingerprint density at radius 1 is 0.557 bits per heavy atom. The predicted octanol–water partition coefficient (Wildman–Crippen LogP) is 5.85. The van der Waals surface area contributed by atoms with E-state index in [9.17, 15) is 40.5 Å². The van der Waals surface area contributed by atoms with E-state index in [1.165, 1.54) is 57.8 Å². The van der Waals surface area contributed by atoms with Gasteiger partial charge >= 0.3 is 5.97 Å². The number of hydrogen-bond acceptors (Lipinski definition) is 14. The smallest absolute Gasteiger partial charge is 0.306 e. The second-order valence-corrected chi connectivity index (χ2v) is 16.6. The number of hydrogen-bond donors (Lipinski definition) is 7. The molecule has 0 aromatic heterocycles. The molecule has 2 rings (SSSR count). The summed E-state index contributed by atoms with van der Waals surface area (Å²) in [5, 5.41) is 71.9. The van der Waals surface area contributed by atoms with Crippen molar-refractivity contribution in [3.8, 4) is 0 Å². The van der Waals surface area contributed by atoms with Crippen LogP contribution < -0.4 is 0 Å². The summed E-state index contributed by atoms with van der Waals surface area (Å²) in [5.41, 5.74) is 0. The van der Waals surface area contributed by atoms with Crippen molar-refractivity contribution >= 4 is 5.97 Å². The molecule has 0 saturated carbocycles. The summed E-state index contributed by atoms with van der Waals surface area (Å²) < 4.78 is 34.2. The third kappa shape index (κ3) is 24.2. The lowest BCUT2D eigenvalue weighted by Gasteiger charge is -2.42. The molecule has 0 aromatic carbocycles. The number of ether oxygens (including phenoxy) is 6. The van der Waals surface area contributed by atoms with Crippen molar-refractivity contribution in [3.05, 3.63) is 36.5 Å². The zero-order valence-electron chi connectivity index (χ0n) is 37.4. The van der Waals surface area contributed by atoms with Crippen LogP contribution in [0.1, 0.15) is 155 Å². The van der Waals surface area contributed by atoms with Gasteiger partial charge in [0.25, 0.3) is 0 Å². The Hall–Kier alpha value is -1.79. The van der Waals surface area contributed by atoms with Gasteiger partial charge in [-0.25, -0.2) is 0 Å². The number of aliphatic hydroxyl groups excluding tert-OH is 7. The van der Waals surface area contributed by atoms with E-state index >= 15 is 0 Å². The summed E-state index contributed by atoms with van der Waals surface area (Å²) in [6.07, 6.45) is 20.7. The van der Waals surface area contributed by atoms with Crippen LogP contribution in [0.4, 0.5) is 0 Å². The Morgan fingerprint density at radius 2 is 1.07 bits per heavy atom. The molecule has 0 aromatic rings. The summed E-state index contributed by atoms with van der Waals surface area (Å²) in [5.74, 6) is -0.384. The second kappa shape index (κ2) is 35.5. The highest BCUT2D eigenvalue weighted by molar-refractivity contribution is 5.69. The lowest BCUT2D eigenvalue weighted by Crippen LogP contribution is -2.61. The van der Waals surface area contributed by atoms with E-state index < -0.39 is 80.7 Å². The molecule has 2 saturated heterocycles. The average molecular weight is 873 g/mol. The maximum absolute atomic E-state index is 12.9. The van der Waals surface area contributed by atoms with E-state index in [4.69, 9.17) is 28.4 Å². The molecule has 14 heteroatoms. The third-order valence-corrected chi connectivity index (χ3v) is 11.2. The van der Waals surface area contributed by atoms with Gasteiger partial charge in [-0.15, -0.1) is 0 Å². The van der Waals surface area contributed by atoms with E-state index in [0.717, 1.165) is 70.6 Å². The monoisotopic (exact) mass is 873 g/mol. The summed E-state index contributed by atoms with van der Waals surface area (Å²) in [4.78, 5) is 12.9. The highest BCUT2D eigenvalue weighted by Crippen LogP contribution is 2.26. The van der Waals surface area contributed by atoms with Crippen LogP contribution in [-0.2, 0) is 33.2 Å². The van der Waals surface area contributed by atoms with Gasteiger partial charge in [0.15, 0.2) is 12.6 Å². The van der Waals surface area contributed by atoms with Crippen LogP contribution in [0.2, 0.25) is 0 Å². The Kier molecular flexibility index (Phi) is 32.2. The van der Waals surface area contributed by atoms with Crippen LogP contribution in [0.5, 0.6) is 0 Å². The van der Waals surface area contributed by atoms with Crippen molar-refractivity contribution in [1.29, 1.82) is 0 Å². The van der Waals surface area contributed by atoms with Gasteiger partial charge in [-0.3, -0.25) is 4.79 Å². The number of rotatable bonds is 36. The fourth-order valence-corrected chi connectivity index (χ4v) is 7.30. The topological polar surface area (TPSA) is 214 Å².